The van der Waals surface area contributed by atoms with Crippen LogP contribution in [0.15, 0.2) is 59.1 Å². The minimum Gasteiger partial charge on any atom is -0.452 e. The number of nitrogens with one attached hydrogen (secondary N) is 2. The van der Waals surface area contributed by atoms with E-state index in [2.05, 4.69) is 31.5 Å². The number of urea groups is 1. The highest BCUT2D eigenvalue weighted by Crippen LogP contribution is 2.26. The number of fused-ring (bicyclic) bond motifs is 1. The average molecular weight is 456 g/mol. The summed E-state index contributed by atoms with van der Waals surface area (Å²) in [7, 11) is 0. The molecule has 29 heavy (non-hydrogen) atoms. The lowest BCUT2D eigenvalue weighted by molar-refractivity contribution is -0.123. The smallest absolute Gasteiger partial charge is 0.339 e. The number of rotatable bonds is 5. The van der Waals surface area contributed by atoms with E-state index in [1.807, 2.05) is 30.3 Å². The minimum atomic E-state index is -0.712. The topological polar surface area (TPSA) is 97.4 Å². The molecule has 0 aliphatic rings. The van der Waals surface area contributed by atoms with E-state index in [0.717, 1.165) is 10.0 Å². The van der Waals surface area contributed by atoms with Crippen LogP contribution in [0, 0.1) is 0 Å². The quantitative estimate of drug-likeness (QED) is 0.572. The molecule has 0 aliphatic carbocycles. The highest BCUT2D eigenvalue weighted by molar-refractivity contribution is 9.10. The third-order valence-corrected chi connectivity index (χ3v) is 4.53. The van der Waals surface area contributed by atoms with Gasteiger partial charge in [-0.25, -0.2) is 14.6 Å². The largest absolute Gasteiger partial charge is 0.452 e. The molecule has 0 saturated carbocycles. The van der Waals surface area contributed by atoms with Gasteiger partial charge in [-0.2, -0.15) is 0 Å². The van der Waals surface area contributed by atoms with Gasteiger partial charge in [0.25, 0.3) is 5.91 Å². The lowest BCUT2D eigenvalue weighted by Gasteiger charge is -2.10. The first-order valence-electron chi connectivity index (χ1n) is 8.88. The van der Waals surface area contributed by atoms with E-state index in [9.17, 15) is 14.4 Å². The summed E-state index contributed by atoms with van der Waals surface area (Å²) < 4.78 is 6.05. The number of para-hydroxylation sites is 1. The molecule has 2 N–H and O–H groups in total. The van der Waals surface area contributed by atoms with Crippen LogP contribution in [0.25, 0.3) is 22.2 Å². The van der Waals surface area contributed by atoms with Gasteiger partial charge < -0.3 is 10.1 Å². The van der Waals surface area contributed by atoms with Crippen molar-refractivity contribution >= 4 is 44.7 Å². The first-order chi connectivity index (χ1) is 14.0. The molecule has 3 amide bonds. The molecule has 8 heteroatoms. The molecule has 0 spiro atoms. The van der Waals surface area contributed by atoms with Crippen molar-refractivity contribution in [1.29, 1.82) is 0 Å². The van der Waals surface area contributed by atoms with Crippen LogP contribution in [0.4, 0.5) is 4.79 Å². The van der Waals surface area contributed by atoms with Gasteiger partial charge >= 0.3 is 12.0 Å². The van der Waals surface area contributed by atoms with E-state index in [1.54, 1.807) is 31.2 Å². The van der Waals surface area contributed by atoms with Gasteiger partial charge in [-0.05, 0) is 31.2 Å². The maximum atomic E-state index is 12.7. The normalized spacial score (nSPS) is 10.4. The average Bonchev–Trinajstić information content (AvgIpc) is 2.72. The molecule has 0 bridgehead atoms. The van der Waals surface area contributed by atoms with Crippen molar-refractivity contribution in [2.75, 3.05) is 13.2 Å². The number of carbonyl (C=O) groups excluding carboxylic acids is 3. The van der Waals surface area contributed by atoms with Gasteiger partial charge in [0.05, 0.1) is 16.8 Å². The fourth-order valence-electron chi connectivity index (χ4n) is 2.69. The predicted molar refractivity (Wildman–Crippen MR) is 112 cm³/mol. The maximum absolute atomic E-state index is 12.7. The van der Waals surface area contributed by atoms with E-state index in [-0.39, 0.29) is 0 Å². The van der Waals surface area contributed by atoms with Crippen molar-refractivity contribution in [1.82, 2.24) is 15.6 Å². The number of amides is 3. The Kier molecular flexibility index (Phi) is 6.56. The molecule has 2 aromatic carbocycles. The highest BCUT2D eigenvalue weighted by Gasteiger charge is 2.17. The summed E-state index contributed by atoms with van der Waals surface area (Å²) in [5.74, 6) is -1.39. The second-order valence-corrected chi connectivity index (χ2v) is 6.98. The number of imide groups is 1. The lowest BCUT2D eigenvalue weighted by Crippen LogP contribution is -2.41. The van der Waals surface area contributed by atoms with Gasteiger partial charge in [-0.3, -0.25) is 10.1 Å². The van der Waals surface area contributed by atoms with Crippen LogP contribution in [0.1, 0.15) is 17.3 Å². The van der Waals surface area contributed by atoms with Crippen molar-refractivity contribution in [2.45, 2.75) is 6.92 Å². The Labute approximate surface area is 175 Å². The van der Waals surface area contributed by atoms with Crippen LogP contribution in [0.2, 0.25) is 0 Å². The molecule has 0 unspecified atom stereocenters. The molecule has 0 aliphatic heterocycles. The van der Waals surface area contributed by atoms with Crippen molar-refractivity contribution < 1.29 is 19.1 Å². The van der Waals surface area contributed by atoms with Crippen LogP contribution >= 0.6 is 15.9 Å². The van der Waals surface area contributed by atoms with Crippen molar-refractivity contribution in [3.8, 4) is 11.3 Å². The molecule has 3 aromatic rings. The number of esters is 1. The first-order valence-corrected chi connectivity index (χ1v) is 9.67. The molecule has 3 rings (SSSR count). The molecule has 148 valence electrons. The number of aromatic nitrogens is 1. The Hall–Kier alpha value is -3.26. The number of nitrogens with zero attached hydrogens (tertiary/aromatic N) is 1. The molecule has 7 nitrogen and oxygen atoms in total. The predicted octanol–water partition coefficient (Wildman–Crippen LogP) is 3.67. The van der Waals surface area contributed by atoms with Gasteiger partial charge in [-0.1, -0.05) is 46.3 Å². The molecular formula is C21H18BrN3O4. The second-order valence-electron chi connectivity index (χ2n) is 6.06. The third kappa shape index (κ3) is 5.17. The lowest BCUT2D eigenvalue weighted by atomic mass is 10.0. The molecule has 0 saturated heterocycles. The Morgan fingerprint density at radius 3 is 2.52 bits per heavy atom. The Morgan fingerprint density at radius 2 is 1.79 bits per heavy atom. The molecule has 0 atom stereocenters. The van der Waals surface area contributed by atoms with Gasteiger partial charge in [0.15, 0.2) is 6.61 Å². The van der Waals surface area contributed by atoms with Crippen molar-refractivity contribution in [2.24, 2.45) is 0 Å². The van der Waals surface area contributed by atoms with E-state index in [1.165, 1.54) is 0 Å². The highest BCUT2D eigenvalue weighted by atomic mass is 79.9. The monoisotopic (exact) mass is 455 g/mol. The fourth-order valence-corrected chi connectivity index (χ4v) is 2.95. The summed E-state index contributed by atoms with van der Waals surface area (Å²) in [5.41, 5.74) is 2.36. The summed E-state index contributed by atoms with van der Waals surface area (Å²) in [6.45, 7) is 1.53. The van der Waals surface area contributed by atoms with Crippen LogP contribution in [-0.4, -0.2) is 36.0 Å². The van der Waals surface area contributed by atoms with E-state index >= 15 is 0 Å². The van der Waals surface area contributed by atoms with Crippen molar-refractivity contribution in [3.63, 3.8) is 0 Å². The minimum absolute atomic E-state index is 0.291. The number of hydrogen-bond acceptors (Lipinski definition) is 5. The van der Waals surface area contributed by atoms with Gasteiger partial charge in [0, 0.05) is 22.0 Å². The van der Waals surface area contributed by atoms with Crippen molar-refractivity contribution in [3.05, 3.63) is 64.6 Å². The third-order valence-electron chi connectivity index (χ3n) is 4.00. The number of benzene rings is 2. The SMILES string of the molecule is CCNC(=O)NC(=O)COC(=O)c1cc(-c2ccc(Br)cc2)nc2ccccc12. The molecule has 1 heterocycles. The fraction of sp³-hybridized carbons (Fsp3) is 0.143. The van der Waals surface area contributed by atoms with Crippen LogP contribution in [-0.2, 0) is 9.53 Å². The van der Waals surface area contributed by atoms with Crippen LogP contribution < -0.4 is 10.6 Å². The molecule has 0 fully saturated rings. The Morgan fingerprint density at radius 1 is 1.07 bits per heavy atom. The standard InChI is InChI=1S/C21H18BrN3O4/c1-2-23-21(28)25-19(26)12-29-20(27)16-11-18(13-7-9-14(22)10-8-13)24-17-6-4-3-5-15(16)17/h3-11H,2,12H2,1H3,(H2,23,25,26,28). The Bertz CT molecular complexity index is 1070. The number of hydrogen-bond donors (Lipinski definition) is 2. The van der Waals surface area contributed by atoms with E-state index < -0.39 is 24.5 Å². The van der Waals surface area contributed by atoms with Crippen LogP contribution in [0.3, 0.4) is 0 Å². The number of carbonyl (C=O) groups is 3. The summed E-state index contributed by atoms with van der Waals surface area (Å²) in [6.07, 6.45) is 0. The van der Waals surface area contributed by atoms with Gasteiger partial charge in [0.1, 0.15) is 0 Å². The zero-order valence-electron chi connectivity index (χ0n) is 15.6. The number of pyridine rings is 1. The second kappa shape index (κ2) is 9.29. The van der Waals surface area contributed by atoms with Gasteiger partial charge in [0.2, 0.25) is 0 Å². The zero-order chi connectivity index (χ0) is 20.8. The Balaban J connectivity index is 1.85. The maximum Gasteiger partial charge on any atom is 0.339 e. The molecule has 1 aromatic heterocycles. The molecule has 0 radical (unpaired) electrons. The molecular weight excluding hydrogens is 438 g/mol. The summed E-state index contributed by atoms with van der Waals surface area (Å²) in [4.78, 5) is 40.4. The summed E-state index contributed by atoms with van der Waals surface area (Å²) in [5, 5.41) is 5.12. The first kappa shape index (κ1) is 20.5. The summed E-state index contributed by atoms with van der Waals surface area (Å²) in [6, 6.07) is 15.7. The number of halogens is 1. The van der Waals surface area contributed by atoms with Crippen LogP contribution in [0.5, 0.6) is 0 Å². The van der Waals surface area contributed by atoms with E-state index in [0.29, 0.717) is 28.7 Å². The zero-order valence-corrected chi connectivity index (χ0v) is 17.2. The number of ether oxygens (including phenoxy) is 1. The summed E-state index contributed by atoms with van der Waals surface area (Å²) >= 11 is 3.40. The van der Waals surface area contributed by atoms with Gasteiger partial charge in [-0.15, -0.1) is 0 Å². The van der Waals surface area contributed by atoms with E-state index in [4.69, 9.17) is 4.74 Å².